The molecule has 1 atom stereocenters. The molecule has 0 spiro atoms. The lowest BCUT2D eigenvalue weighted by Gasteiger charge is -2.17. The number of para-hydroxylation sites is 1. The number of carbonyl (C=O) groups excluding carboxylic acids is 1. The maximum atomic E-state index is 12.1. The number of benzene rings is 2. The van der Waals surface area contributed by atoms with E-state index in [0.717, 1.165) is 51.9 Å². The molecule has 6 nitrogen and oxygen atoms in total. The Kier molecular flexibility index (Phi) is 5.57. The van der Waals surface area contributed by atoms with Crippen molar-refractivity contribution in [2.75, 3.05) is 13.1 Å². The molecule has 1 fully saturated rings. The van der Waals surface area contributed by atoms with Gasteiger partial charge in [0.2, 0.25) is 11.8 Å². The number of fused-ring (bicyclic) bond motifs is 1. The van der Waals surface area contributed by atoms with Crippen molar-refractivity contribution < 1.29 is 9.53 Å². The summed E-state index contributed by atoms with van der Waals surface area (Å²) in [5.74, 6) is 1.53. The highest BCUT2D eigenvalue weighted by molar-refractivity contribution is 5.89. The van der Waals surface area contributed by atoms with Crippen LogP contribution < -0.4 is 4.74 Å². The summed E-state index contributed by atoms with van der Waals surface area (Å²) in [4.78, 5) is 27.2. The first-order valence-electron chi connectivity index (χ1n) is 11.0. The molecule has 1 aliphatic heterocycles. The van der Waals surface area contributed by atoms with E-state index in [2.05, 4.69) is 33.7 Å². The van der Waals surface area contributed by atoms with E-state index in [4.69, 9.17) is 4.74 Å². The molecule has 0 saturated carbocycles. The van der Waals surface area contributed by atoms with Crippen molar-refractivity contribution in [3.63, 3.8) is 0 Å². The van der Waals surface area contributed by atoms with E-state index in [0.29, 0.717) is 12.4 Å². The Balaban J connectivity index is 1.47. The van der Waals surface area contributed by atoms with Gasteiger partial charge in [0.1, 0.15) is 12.1 Å². The quantitative estimate of drug-likeness (QED) is 0.398. The average molecular weight is 437 g/mol. The molecule has 1 aliphatic rings. The largest absolute Gasteiger partial charge is 0.439 e. The number of ether oxygens (including phenoxy) is 1. The lowest BCUT2D eigenvalue weighted by Crippen LogP contribution is -2.26. The number of hydrogen-bond acceptors (Lipinski definition) is 5. The molecular formula is C27H24N4O2. The van der Waals surface area contributed by atoms with Gasteiger partial charge in [-0.25, -0.2) is 15.0 Å². The minimum atomic E-state index is -0.0268. The predicted molar refractivity (Wildman–Crippen MR) is 128 cm³/mol. The summed E-state index contributed by atoms with van der Waals surface area (Å²) in [6.45, 7) is 7.01. The summed E-state index contributed by atoms with van der Waals surface area (Å²) in [6.07, 6.45) is 7.51. The first-order chi connectivity index (χ1) is 16.1. The predicted octanol–water partition coefficient (Wildman–Crippen LogP) is 5.29. The molecule has 0 aliphatic carbocycles. The smallest absolute Gasteiger partial charge is 0.245 e. The van der Waals surface area contributed by atoms with Crippen molar-refractivity contribution in [1.82, 2.24) is 19.9 Å². The topological polar surface area (TPSA) is 68.2 Å². The van der Waals surface area contributed by atoms with Gasteiger partial charge in [0.05, 0.1) is 5.52 Å². The van der Waals surface area contributed by atoms with Gasteiger partial charge >= 0.3 is 0 Å². The fourth-order valence-corrected chi connectivity index (χ4v) is 4.35. The van der Waals surface area contributed by atoms with Crippen LogP contribution in [0.1, 0.15) is 23.5 Å². The Morgan fingerprint density at radius 2 is 2.00 bits per heavy atom. The summed E-state index contributed by atoms with van der Waals surface area (Å²) in [5, 5.41) is 0.971. The van der Waals surface area contributed by atoms with Crippen molar-refractivity contribution in [1.29, 1.82) is 0 Å². The molecule has 1 unspecified atom stereocenters. The summed E-state index contributed by atoms with van der Waals surface area (Å²) in [6, 6.07) is 16.0. The highest BCUT2D eigenvalue weighted by atomic mass is 16.5. The monoisotopic (exact) mass is 436 g/mol. The van der Waals surface area contributed by atoms with Crippen LogP contribution in [0.2, 0.25) is 0 Å². The maximum Gasteiger partial charge on any atom is 0.245 e. The lowest BCUT2D eigenvalue weighted by molar-refractivity contribution is -0.125. The van der Waals surface area contributed by atoms with Crippen LogP contribution in [-0.4, -0.2) is 38.8 Å². The van der Waals surface area contributed by atoms with Crippen molar-refractivity contribution >= 4 is 16.8 Å². The van der Waals surface area contributed by atoms with Crippen LogP contribution in [0.3, 0.4) is 0 Å². The Hall–Kier alpha value is -4.06. The van der Waals surface area contributed by atoms with Crippen LogP contribution in [0.4, 0.5) is 0 Å². The second-order valence-electron chi connectivity index (χ2n) is 8.25. The minimum absolute atomic E-state index is 0.0268. The molecule has 0 bridgehead atoms. The highest BCUT2D eigenvalue weighted by Crippen LogP contribution is 2.35. The Bertz CT molecular complexity index is 1330. The summed E-state index contributed by atoms with van der Waals surface area (Å²) in [7, 11) is 0. The maximum absolute atomic E-state index is 12.1. The van der Waals surface area contributed by atoms with E-state index in [1.807, 2.05) is 60.6 Å². The molecule has 4 aromatic rings. The number of pyridine rings is 1. The van der Waals surface area contributed by atoms with Gasteiger partial charge < -0.3 is 9.64 Å². The van der Waals surface area contributed by atoms with Crippen LogP contribution in [0, 0.1) is 6.92 Å². The molecule has 2 aromatic carbocycles. The standard InChI is InChI=1S/C27H24N4O2/c1-3-26(32)31-11-10-20(16-31)23-13-21(12-22-14-28-17-30-27(22)23)19-8-9-25(29-15-19)33-24-7-5-4-6-18(24)2/h3-9,12-15,17,20H,1,10-11,16H2,2H3. The van der Waals surface area contributed by atoms with Crippen molar-refractivity contribution in [2.45, 2.75) is 19.3 Å². The minimum Gasteiger partial charge on any atom is -0.439 e. The van der Waals surface area contributed by atoms with E-state index in [1.54, 1.807) is 6.33 Å². The highest BCUT2D eigenvalue weighted by Gasteiger charge is 2.28. The molecule has 1 amide bonds. The van der Waals surface area contributed by atoms with E-state index in [-0.39, 0.29) is 11.8 Å². The van der Waals surface area contributed by atoms with Crippen molar-refractivity contribution in [3.05, 3.63) is 91.0 Å². The summed E-state index contributed by atoms with van der Waals surface area (Å²) < 4.78 is 5.94. The van der Waals surface area contributed by atoms with Crippen LogP contribution in [0.25, 0.3) is 22.0 Å². The fraction of sp³-hybridized carbons (Fsp3) is 0.185. The van der Waals surface area contributed by atoms with Crippen LogP contribution in [0.15, 0.2) is 79.9 Å². The third kappa shape index (κ3) is 4.20. The Morgan fingerprint density at radius 1 is 1.12 bits per heavy atom. The molecule has 164 valence electrons. The van der Waals surface area contributed by atoms with Crippen molar-refractivity contribution in [2.24, 2.45) is 0 Å². The molecule has 1 saturated heterocycles. The van der Waals surface area contributed by atoms with Crippen molar-refractivity contribution in [3.8, 4) is 22.8 Å². The molecule has 5 rings (SSSR count). The third-order valence-electron chi connectivity index (χ3n) is 6.13. The molecule has 2 aromatic heterocycles. The van der Waals surface area contributed by atoms with Gasteiger partial charge in [-0.1, -0.05) is 24.8 Å². The van der Waals surface area contributed by atoms with Gasteiger partial charge in [-0.15, -0.1) is 0 Å². The van der Waals surface area contributed by atoms with Gasteiger partial charge in [0.25, 0.3) is 0 Å². The van der Waals surface area contributed by atoms with E-state index in [1.165, 1.54) is 6.08 Å². The zero-order chi connectivity index (χ0) is 22.8. The second kappa shape index (κ2) is 8.82. The first-order valence-corrected chi connectivity index (χ1v) is 11.0. The van der Waals surface area contributed by atoms with Crippen LogP contribution >= 0.6 is 0 Å². The third-order valence-corrected chi connectivity index (χ3v) is 6.13. The summed E-state index contributed by atoms with van der Waals surface area (Å²) >= 11 is 0. The number of aryl methyl sites for hydroxylation is 1. The van der Waals surface area contributed by atoms with Gasteiger partial charge in [0, 0.05) is 48.4 Å². The number of nitrogens with zero attached hydrogens (tertiary/aromatic N) is 4. The van der Waals surface area contributed by atoms with Crippen LogP contribution in [-0.2, 0) is 4.79 Å². The van der Waals surface area contributed by atoms with Gasteiger partial charge in [-0.2, -0.15) is 0 Å². The number of hydrogen-bond donors (Lipinski definition) is 0. The number of likely N-dealkylation sites (tertiary alicyclic amines) is 1. The lowest BCUT2D eigenvalue weighted by atomic mass is 9.92. The Morgan fingerprint density at radius 3 is 2.79 bits per heavy atom. The molecule has 33 heavy (non-hydrogen) atoms. The SMILES string of the molecule is C=CC(=O)N1CCC(c2cc(-c3ccc(Oc4ccccc4C)nc3)cc3cncnc23)C1. The van der Waals surface area contributed by atoms with Gasteiger partial charge in [-0.3, -0.25) is 4.79 Å². The molecule has 3 heterocycles. The summed E-state index contributed by atoms with van der Waals surface area (Å²) in [5.41, 5.74) is 5.14. The number of carbonyl (C=O) groups is 1. The number of amides is 1. The van der Waals surface area contributed by atoms with E-state index >= 15 is 0 Å². The van der Waals surface area contributed by atoms with E-state index < -0.39 is 0 Å². The Labute approximate surface area is 192 Å². The molecular weight excluding hydrogens is 412 g/mol. The number of rotatable bonds is 5. The molecule has 0 radical (unpaired) electrons. The zero-order valence-corrected chi connectivity index (χ0v) is 18.4. The van der Waals surface area contributed by atoms with Gasteiger partial charge in [-0.05, 0) is 60.4 Å². The second-order valence-corrected chi connectivity index (χ2v) is 8.25. The van der Waals surface area contributed by atoms with E-state index in [9.17, 15) is 4.79 Å². The van der Waals surface area contributed by atoms with Crippen LogP contribution in [0.5, 0.6) is 11.6 Å². The normalized spacial score (nSPS) is 15.5. The van der Waals surface area contributed by atoms with Gasteiger partial charge in [0.15, 0.2) is 0 Å². The molecule has 6 heteroatoms. The number of aromatic nitrogens is 3. The molecule has 0 N–H and O–H groups in total. The zero-order valence-electron chi connectivity index (χ0n) is 18.4. The first kappa shape index (κ1) is 20.8. The fourth-order valence-electron chi connectivity index (χ4n) is 4.35. The average Bonchev–Trinajstić information content (AvgIpc) is 3.35.